The third kappa shape index (κ3) is 288. The Labute approximate surface area is 130 Å². The highest BCUT2D eigenvalue weighted by atomic mass is 13.9. The topological polar surface area (TPSA) is 0 Å². The van der Waals surface area contributed by atoms with Gasteiger partial charge in [-0.3, -0.25) is 0 Å². The van der Waals surface area contributed by atoms with Gasteiger partial charge in [-0.15, -0.1) is 0 Å². The minimum Gasteiger partial charge on any atom is -0.0776 e. The Morgan fingerprint density at radius 3 is 0.684 bits per heavy atom. The van der Waals surface area contributed by atoms with E-state index in [0.717, 1.165) is 11.8 Å². The molecule has 0 bridgehead atoms. The zero-order valence-electron chi connectivity index (χ0n) is 13.3. The second kappa shape index (κ2) is 64.2. The van der Waals surface area contributed by atoms with Gasteiger partial charge in [-0.2, -0.15) is 0 Å². The molecule has 0 atom stereocenters. The Morgan fingerprint density at radius 1 is 0.579 bits per heavy atom. The summed E-state index contributed by atoms with van der Waals surface area (Å²) in [5.41, 5.74) is 0. The van der Waals surface area contributed by atoms with Crippen molar-refractivity contribution in [3.05, 3.63) is 0 Å². The van der Waals surface area contributed by atoms with Crippen molar-refractivity contribution in [3.8, 4) is 0 Å². The van der Waals surface area contributed by atoms with E-state index in [1.807, 2.05) is 13.8 Å². The molecule has 0 aliphatic rings. The Kier molecular flexibility index (Phi) is 172. The normalized spacial score (nSPS) is 6.32. The average molecular weight is 283 g/mol. The van der Waals surface area contributed by atoms with Crippen molar-refractivity contribution >= 4 is 0 Å². The lowest BCUT2D eigenvalue weighted by molar-refractivity contribution is 0.544. The van der Waals surface area contributed by atoms with Crippen LogP contribution in [0.1, 0.15) is 118 Å². The maximum Gasteiger partial charge on any atom is -0.0448 e. The van der Waals surface area contributed by atoms with E-state index in [2.05, 4.69) is 55.4 Å². The Morgan fingerprint density at radius 2 is 0.684 bits per heavy atom. The summed E-state index contributed by atoms with van der Waals surface area (Å²) in [5, 5.41) is 0. The van der Waals surface area contributed by atoms with Gasteiger partial charge in [0.25, 0.3) is 0 Å². The molecule has 0 nitrogen and oxygen atoms in total. The molecule has 0 unspecified atom stereocenters. The van der Waals surface area contributed by atoms with Crippen LogP contribution in [0.2, 0.25) is 0 Å². The summed E-state index contributed by atoms with van der Waals surface area (Å²) in [6, 6.07) is 0. The van der Waals surface area contributed by atoms with Gasteiger partial charge in [-0.05, 0) is 11.8 Å². The molecule has 130 valence electrons. The predicted molar refractivity (Wildman–Crippen MR) is 104 cm³/mol. The van der Waals surface area contributed by atoms with Gasteiger partial charge in [0.05, 0.1) is 0 Å². The van der Waals surface area contributed by atoms with Crippen LogP contribution < -0.4 is 0 Å². The van der Waals surface area contributed by atoms with Gasteiger partial charge >= 0.3 is 0 Å². The third-order valence-electron chi connectivity index (χ3n) is 1.39. The van der Waals surface area contributed by atoms with E-state index >= 15 is 0 Å². The first-order chi connectivity index (χ1) is 6.95. The molecule has 0 spiro atoms. The maximum atomic E-state index is 2.28. The predicted octanol–water partition coefficient (Wildman–Crippen LogP) is 9.09. The van der Waals surface area contributed by atoms with Gasteiger partial charge in [0.15, 0.2) is 0 Å². The molecule has 0 heterocycles. The zero-order chi connectivity index (χ0) is 13.3. The average Bonchev–Trinajstić information content (AvgIpc) is 2.20. The molecular weight excluding hydrogens is 228 g/mol. The van der Waals surface area contributed by atoms with Gasteiger partial charge in [-0.1, -0.05) is 118 Å². The number of hydrogen-bond acceptors (Lipinski definition) is 0. The molecule has 19 heavy (non-hydrogen) atoms. The minimum absolute atomic E-state index is 0. The second-order valence-corrected chi connectivity index (χ2v) is 4.36. The van der Waals surface area contributed by atoms with Gasteiger partial charge in [0.2, 0.25) is 0 Å². The van der Waals surface area contributed by atoms with Gasteiger partial charge in [0.1, 0.15) is 0 Å². The molecule has 0 aliphatic heterocycles. The lowest BCUT2D eigenvalue weighted by atomic mass is 10.1. The van der Waals surface area contributed by atoms with E-state index in [9.17, 15) is 0 Å². The fourth-order valence-corrected chi connectivity index (χ4v) is 0.289. The molecule has 0 radical (unpaired) electrons. The highest BCUT2D eigenvalue weighted by molar-refractivity contribution is 4.41. The summed E-state index contributed by atoms with van der Waals surface area (Å²) in [6.07, 6.45) is 3.91. The first-order valence-corrected chi connectivity index (χ1v) is 6.95. The third-order valence-corrected chi connectivity index (χ3v) is 1.39. The summed E-state index contributed by atoms with van der Waals surface area (Å²) in [6.45, 7) is 21.5. The summed E-state index contributed by atoms with van der Waals surface area (Å²) in [7, 11) is 0. The quantitative estimate of drug-likeness (QED) is 0.473. The Bertz CT molecular complexity index is 48.3. The zero-order valence-corrected chi connectivity index (χ0v) is 13.3. The van der Waals surface area contributed by atoms with Crippen molar-refractivity contribution in [3.63, 3.8) is 0 Å². The molecule has 0 aromatic heterocycles. The van der Waals surface area contributed by atoms with E-state index in [1.165, 1.54) is 19.3 Å². The molecule has 0 N–H and O–H groups in total. The van der Waals surface area contributed by atoms with Crippen molar-refractivity contribution in [2.45, 2.75) is 118 Å². The summed E-state index contributed by atoms with van der Waals surface area (Å²) >= 11 is 0. The van der Waals surface area contributed by atoms with Gasteiger partial charge in [-0.25, -0.2) is 0 Å². The number of hydrogen-bond donors (Lipinski definition) is 0. The van der Waals surface area contributed by atoms with Crippen molar-refractivity contribution in [1.29, 1.82) is 0 Å². The minimum atomic E-state index is 0. The van der Waals surface area contributed by atoms with Crippen molar-refractivity contribution in [2.75, 3.05) is 0 Å². The van der Waals surface area contributed by atoms with Crippen LogP contribution in [0.15, 0.2) is 0 Å². The fraction of sp³-hybridized carbons (Fsp3) is 1.00. The highest BCUT2D eigenvalue weighted by Crippen LogP contribution is 2.02. The Balaban J connectivity index is -0.0000000141. The molecule has 0 fully saturated rings. The molecule has 0 aromatic carbocycles. The molecule has 0 heteroatoms. The van der Waals surface area contributed by atoms with Crippen LogP contribution in [0.3, 0.4) is 0 Å². The maximum absolute atomic E-state index is 2.28. The van der Waals surface area contributed by atoms with Crippen LogP contribution in [0.25, 0.3) is 0 Å². The van der Waals surface area contributed by atoms with Crippen LogP contribution in [-0.2, 0) is 0 Å². The van der Waals surface area contributed by atoms with Crippen LogP contribution in [-0.4, -0.2) is 0 Å². The first kappa shape index (κ1) is 50.9. The smallest absolute Gasteiger partial charge is 0.0448 e. The van der Waals surface area contributed by atoms with E-state index in [0.29, 0.717) is 0 Å². The lowest BCUT2D eigenvalue weighted by Gasteiger charge is -1.98. The van der Waals surface area contributed by atoms with Crippen LogP contribution in [0.5, 0.6) is 0 Å². The van der Waals surface area contributed by atoms with Crippen LogP contribution >= 0.6 is 0 Å². The molecule has 0 aliphatic carbocycles. The molecule has 0 saturated heterocycles. The molecular formula is C19H54. The summed E-state index contributed by atoms with van der Waals surface area (Å²) in [4.78, 5) is 0. The molecule has 0 amide bonds. The summed E-state index contributed by atoms with van der Waals surface area (Å²) in [5.74, 6) is 1.77. The van der Waals surface area contributed by atoms with E-state index in [4.69, 9.17) is 0 Å². The van der Waals surface area contributed by atoms with Crippen molar-refractivity contribution < 1.29 is 0 Å². The van der Waals surface area contributed by atoms with E-state index < -0.39 is 0 Å². The van der Waals surface area contributed by atoms with Crippen LogP contribution in [0.4, 0.5) is 0 Å². The monoisotopic (exact) mass is 282 g/mol. The van der Waals surface area contributed by atoms with Crippen LogP contribution in [0, 0.1) is 11.8 Å². The standard InChI is InChI=1S/C6H14.C4H10.C3H8.C2H6.4CH4/c1-4-6(3)5-2;1-4(2)3;1-3-2;1-2;;;;/h6H,4-5H2,1-3H3;4H,1-3H3;3H2,1-2H3;1-2H3;4*1H4. The van der Waals surface area contributed by atoms with Gasteiger partial charge in [0, 0.05) is 0 Å². The molecule has 0 aromatic rings. The lowest BCUT2D eigenvalue weighted by Crippen LogP contribution is -1.85. The largest absolute Gasteiger partial charge is 0.0776 e. The van der Waals surface area contributed by atoms with Crippen molar-refractivity contribution in [1.82, 2.24) is 0 Å². The SMILES string of the molecule is C.C.C.C.CC.CC(C)C.CCC.CCC(C)CC. The highest BCUT2D eigenvalue weighted by Gasteiger charge is 1.88. The number of rotatable bonds is 2. The first-order valence-electron chi connectivity index (χ1n) is 6.95. The van der Waals surface area contributed by atoms with E-state index in [1.54, 1.807) is 0 Å². The second-order valence-electron chi connectivity index (χ2n) is 4.36. The molecule has 0 rings (SSSR count). The van der Waals surface area contributed by atoms with E-state index in [-0.39, 0.29) is 29.7 Å². The summed E-state index contributed by atoms with van der Waals surface area (Å²) < 4.78 is 0. The van der Waals surface area contributed by atoms with Gasteiger partial charge < -0.3 is 0 Å². The molecule has 0 saturated carbocycles. The van der Waals surface area contributed by atoms with Crippen molar-refractivity contribution in [2.24, 2.45) is 11.8 Å². The Hall–Kier alpha value is 0. The fourth-order valence-electron chi connectivity index (χ4n) is 0.289.